The first-order valence-corrected chi connectivity index (χ1v) is 12.5. The van der Waals surface area contributed by atoms with Crippen molar-refractivity contribution in [2.45, 2.75) is 80.7 Å². The molecule has 8 nitrogen and oxygen atoms in total. The highest BCUT2D eigenvalue weighted by atomic mass is 32.2. The summed E-state index contributed by atoms with van der Waals surface area (Å²) in [5, 5.41) is 15.1. The number of hydrogen-bond donors (Lipinski definition) is 1. The van der Waals surface area contributed by atoms with Crippen LogP contribution < -0.4 is 5.32 Å². The van der Waals surface area contributed by atoms with Crippen molar-refractivity contribution < 1.29 is 18.1 Å². The number of ether oxygens (including phenoxy) is 1. The first-order valence-electron chi connectivity index (χ1n) is 11.1. The van der Waals surface area contributed by atoms with E-state index in [-0.39, 0.29) is 22.2 Å². The molecule has 166 valence electrons. The van der Waals surface area contributed by atoms with Crippen LogP contribution in [0.4, 0.5) is 11.4 Å². The summed E-state index contributed by atoms with van der Waals surface area (Å²) in [6.07, 6.45) is 9.71. The van der Waals surface area contributed by atoms with Gasteiger partial charge in [0.15, 0.2) is 0 Å². The van der Waals surface area contributed by atoms with Gasteiger partial charge in [0.05, 0.1) is 15.4 Å². The van der Waals surface area contributed by atoms with Crippen molar-refractivity contribution in [3.63, 3.8) is 0 Å². The van der Waals surface area contributed by atoms with Crippen LogP contribution in [0.5, 0.6) is 0 Å². The molecule has 1 aliphatic carbocycles. The quantitative estimate of drug-likeness (QED) is 0.550. The second-order valence-corrected chi connectivity index (χ2v) is 10.8. The largest absolute Gasteiger partial charge is 0.377 e. The Kier molecular flexibility index (Phi) is 6.31. The van der Waals surface area contributed by atoms with Crippen LogP contribution in [0.1, 0.15) is 64.2 Å². The zero-order valence-corrected chi connectivity index (χ0v) is 18.2. The fraction of sp³-hybridized carbons (Fsp3) is 0.714. The molecule has 2 saturated heterocycles. The molecule has 1 unspecified atom stereocenters. The van der Waals surface area contributed by atoms with Gasteiger partial charge in [-0.15, -0.1) is 0 Å². The van der Waals surface area contributed by atoms with Crippen molar-refractivity contribution in [3.8, 4) is 0 Å². The second-order valence-electron chi connectivity index (χ2n) is 8.83. The van der Waals surface area contributed by atoms with E-state index in [4.69, 9.17) is 4.74 Å². The van der Waals surface area contributed by atoms with Crippen molar-refractivity contribution >= 4 is 21.4 Å². The fourth-order valence-electron chi connectivity index (χ4n) is 5.11. The topological polar surface area (TPSA) is 102 Å². The number of anilines is 1. The second kappa shape index (κ2) is 8.80. The molecular formula is C21H31N3O5S. The van der Waals surface area contributed by atoms with Crippen LogP contribution in [0.25, 0.3) is 0 Å². The number of benzene rings is 1. The minimum absolute atomic E-state index is 0.000825. The molecule has 9 heteroatoms. The summed E-state index contributed by atoms with van der Waals surface area (Å²) in [6, 6.07) is 4.36. The van der Waals surface area contributed by atoms with Crippen molar-refractivity contribution in [3.05, 3.63) is 28.3 Å². The molecule has 2 heterocycles. The van der Waals surface area contributed by atoms with E-state index in [1.165, 1.54) is 16.4 Å². The third kappa shape index (κ3) is 4.48. The Labute approximate surface area is 178 Å². The monoisotopic (exact) mass is 437 g/mol. The van der Waals surface area contributed by atoms with Crippen LogP contribution in [-0.4, -0.2) is 49.0 Å². The molecule has 1 aromatic rings. The molecule has 30 heavy (non-hydrogen) atoms. The van der Waals surface area contributed by atoms with E-state index in [1.807, 2.05) is 0 Å². The van der Waals surface area contributed by atoms with Gasteiger partial charge in [-0.1, -0.05) is 25.7 Å². The summed E-state index contributed by atoms with van der Waals surface area (Å²) in [5.74, 6) is 0. The van der Waals surface area contributed by atoms with E-state index >= 15 is 0 Å². The summed E-state index contributed by atoms with van der Waals surface area (Å²) >= 11 is 0. The first-order chi connectivity index (χ1) is 14.4. The highest BCUT2D eigenvalue weighted by Crippen LogP contribution is 2.41. The zero-order chi connectivity index (χ0) is 21.2. The van der Waals surface area contributed by atoms with Gasteiger partial charge in [-0.2, -0.15) is 4.31 Å². The van der Waals surface area contributed by atoms with Crippen LogP contribution in [0.15, 0.2) is 23.1 Å². The van der Waals surface area contributed by atoms with Crippen molar-refractivity contribution in [1.82, 2.24) is 4.31 Å². The van der Waals surface area contributed by atoms with E-state index in [9.17, 15) is 18.5 Å². The van der Waals surface area contributed by atoms with Crippen LogP contribution >= 0.6 is 0 Å². The fourth-order valence-corrected chi connectivity index (χ4v) is 6.65. The van der Waals surface area contributed by atoms with Crippen LogP contribution in [0, 0.1) is 10.1 Å². The van der Waals surface area contributed by atoms with Gasteiger partial charge in [0.2, 0.25) is 10.0 Å². The van der Waals surface area contributed by atoms with Gasteiger partial charge in [0.25, 0.3) is 5.69 Å². The lowest BCUT2D eigenvalue weighted by atomic mass is 9.89. The van der Waals surface area contributed by atoms with E-state index < -0.39 is 14.9 Å². The summed E-state index contributed by atoms with van der Waals surface area (Å²) < 4.78 is 33.6. The third-order valence-corrected chi connectivity index (χ3v) is 8.63. The molecule has 0 amide bonds. The lowest BCUT2D eigenvalue weighted by Gasteiger charge is -2.38. The van der Waals surface area contributed by atoms with Gasteiger partial charge >= 0.3 is 0 Å². The Morgan fingerprint density at radius 2 is 1.80 bits per heavy atom. The maximum atomic E-state index is 13.1. The number of nitro benzene ring substituents is 1. The molecular weight excluding hydrogens is 406 g/mol. The van der Waals surface area contributed by atoms with Crippen LogP contribution in [0.2, 0.25) is 0 Å². The lowest BCUT2D eigenvalue weighted by Crippen LogP contribution is -2.42. The molecule has 1 N–H and O–H groups in total. The predicted molar refractivity (Wildman–Crippen MR) is 114 cm³/mol. The van der Waals surface area contributed by atoms with Crippen LogP contribution in [0.3, 0.4) is 0 Å². The van der Waals surface area contributed by atoms with Gasteiger partial charge in [-0.25, -0.2) is 8.42 Å². The van der Waals surface area contributed by atoms with Crippen molar-refractivity contribution in [2.75, 3.05) is 25.0 Å². The normalized spacial score (nSPS) is 25.1. The molecule has 0 aromatic heterocycles. The predicted octanol–water partition coefficient (Wildman–Crippen LogP) is 4.06. The Morgan fingerprint density at radius 1 is 1.10 bits per heavy atom. The van der Waals surface area contributed by atoms with Crippen molar-refractivity contribution in [1.29, 1.82) is 0 Å². The van der Waals surface area contributed by atoms with Crippen LogP contribution in [-0.2, 0) is 14.8 Å². The van der Waals surface area contributed by atoms with Crippen molar-refractivity contribution in [2.24, 2.45) is 0 Å². The first kappa shape index (κ1) is 21.5. The van der Waals surface area contributed by atoms with E-state index in [0.717, 1.165) is 64.2 Å². The summed E-state index contributed by atoms with van der Waals surface area (Å²) in [7, 11) is -3.73. The summed E-state index contributed by atoms with van der Waals surface area (Å²) in [4.78, 5) is 11.3. The molecule has 3 aliphatic rings. The minimum Gasteiger partial charge on any atom is -0.377 e. The minimum atomic E-state index is -3.73. The van der Waals surface area contributed by atoms with Gasteiger partial charge in [0.1, 0.15) is 5.69 Å². The highest BCUT2D eigenvalue weighted by Gasteiger charge is 2.40. The number of nitrogens with zero attached hydrogens (tertiary/aromatic N) is 2. The maximum Gasteiger partial charge on any atom is 0.293 e. The molecule has 4 rings (SSSR count). The lowest BCUT2D eigenvalue weighted by molar-refractivity contribution is -0.384. The number of nitro groups is 1. The number of hydrogen-bond acceptors (Lipinski definition) is 6. The Morgan fingerprint density at radius 3 is 2.47 bits per heavy atom. The average Bonchev–Trinajstić information content (AvgIpc) is 2.99. The third-order valence-electron chi connectivity index (χ3n) is 6.74. The van der Waals surface area contributed by atoms with E-state index in [2.05, 4.69) is 5.32 Å². The summed E-state index contributed by atoms with van der Waals surface area (Å²) in [5.41, 5.74) is 0.105. The van der Waals surface area contributed by atoms with Gasteiger partial charge < -0.3 is 10.1 Å². The van der Waals surface area contributed by atoms with Gasteiger partial charge in [-0.3, -0.25) is 10.1 Å². The van der Waals surface area contributed by atoms with E-state index in [1.54, 1.807) is 6.07 Å². The zero-order valence-electron chi connectivity index (χ0n) is 17.3. The molecule has 0 bridgehead atoms. The standard InChI is InChI=1S/C21H31N3O5S/c25-24(26)20-15-18(30(27,28)23-12-5-1-2-6-13-23)7-8-19(20)22-17-9-14-29-21(16-17)10-3-4-11-21/h7-8,15,17,22H,1-6,9-14,16H2. The van der Waals surface area contributed by atoms with E-state index in [0.29, 0.717) is 25.4 Å². The Bertz CT molecular complexity index is 875. The Hall–Kier alpha value is -1.71. The number of nitrogens with one attached hydrogen (secondary N) is 1. The average molecular weight is 438 g/mol. The molecule has 1 spiro atoms. The molecule has 0 radical (unpaired) electrons. The smallest absolute Gasteiger partial charge is 0.293 e. The molecule has 1 aromatic carbocycles. The number of rotatable bonds is 5. The highest BCUT2D eigenvalue weighted by molar-refractivity contribution is 7.89. The van der Waals surface area contributed by atoms with Gasteiger partial charge in [0, 0.05) is 31.8 Å². The van der Waals surface area contributed by atoms with Gasteiger partial charge in [-0.05, 0) is 50.7 Å². The SMILES string of the molecule is O=[N+]([O-])c1cc(S(=O)(=O)N2CCCCCC2)ccc1NC1CCOC2(CCCC2)C1. The Balaban J connectivity index is 1.55. The molecule has 1 saturated carbocycles. The maximum absolute atomic E-state index is 13.1. The number of sulfonamides is 1. The molecule has 2 aliphatic heterocycles. The molecule has 3 fully saturated rings. The summed E-state index contributed by atoms with van der Waals surface area (Å²) in [6.45, 7) is 1.59. The molecule has 1 atom stereocenters.